The lowest BCUT2D eigenvalue weighted by Crippen LogP contribution is -2.31. The number of benzene rings is 2. The monoisotopic (exact) mass is 406 g/mol. The number of unbranched alkanes of at least 4 members (excludes halogenated alkanes) is 1. The molecule has 2 aromatic rings. The fourth-order valence-electron chi connectivity index (χ4n) is 4.31. The topological polar surface area (TPSA) is 66.9 Å². The molecule has 2 aliphatic rings. The first-order chi connectivity index (χ1) is 14.5. The van der Waals surface area contributed by atoms with Crippen molar-refractivity contribution in [1.29, 1.82) is 0 Å². The highest BCUT2D eigenvalue weighted by molar-refractivity contribution is 6.22. The number of rotatable bonds is 6. The summed E-state index contributed by atoms with van der Waals surface area (Å²) in [4.78, 5) is 41.7. The van der Waals surface area contributed by atoms with Crippen molar-refractivity contribution in [2.45, 2.75) is 38.6 Å². The average Bonchev–Trinajstić information content (AvgIpc) is 3.36. The Balaban J connectivity index is 1.59. The van der Waals surface area contributed by atoms with E-state index in [-0.39, 0.29) is 23.8 Å². The molecule has 156 valence electrons. The first kappa shape index (κ1) is 20.1. The van der Waals surface area contributed by atoms with Gasteiger partial charge in [0.1, 0.15) is 5.75 Å². The van der Waals surface area contributed by atoms with Crippen LogP contribution in [0.25, 0.3) is 0 Å². The van der Waals surface area contributed by atoms with Crippen molar-refractivity contribution in [3.05, 3.63) is 64.7 Å². The zero-order valence-corrected chi connectivity index (χ0v) is 17.4. The Morgan fingerprint density at radius 2 is 1.90 bits per heavy atom. The summed E-state index contributed by atoms with van der Waals surface area (Å²) in [5.74, 6) is 0.0812. The molecule has 1 unspecified atom stereocenters. The average molecular weight is 406 g/mol. The number of hydrogen-bond donors (Lipinski definition) is 0. The number of nitrogens with zero attached hydrogens (tertiary/aromatic N) is 2. The number of likely N-dealkylation sites (tertiary alicyclic amines) is 1. The Morgan fingerprint density at radius 3 is 2.67 bits per heavy atom. The number of carbonyl (C=O) groups is 3. The van der Waals surface area contributed by atoms with Gasteiger partial charge in [-0.25, -0.2) is 0 Å². The van der Waals surface area contributed by atoms with Crippen LogP contribution in [0.15, 0.2) is 42.5 Å². The first-order valence-electron chi connectivity index (χ1n) is 10.5. The minimum absolute atomic E-state index is 0.0285. The SMILES string of the molecule is CCCCN1C(=O)c2ccc(C(=O)N3CCCC3c3cccc(OC)c3)cc2C1=O. The molecule has 0 aromatic heterocycles. The third-order valence-corrected chi connectivity index (χ3v) is 5.95. The molecule has 3 amide bonds. The first-order valence-corrected chi connectivity index (χ1v) is 10.5. The quantitative estimate of drug-likeness (QED) is 0.679. The molecule has 0 saturated carbocycles. The number of carbonyl (C=O) groups excluding carboxylic acids is 3. The standard InChI is InChI=1S/C24H26N2O4/c1-3-4-12-26-23(28)19-11-10-17(15-20(19)24(26)29)22(27)25-13-6-9-21(25)16-7-5-8-18(14-16)30-2/h5,7-8,10-11,14-15,21H,3-4,6,9,12-13H2,1-2H3. The van der Waals surface area contributed by atoms with E-state index in [0.29, 0.717) is 29.8 Å². The van der Waals surface area contributed by atoms with Crippen molar-refractivity contribution in [3.63, 3.8) is 0 Å². The van der Waals surface area contributed by atoms with Crippen molar-refractivity contribution in [3.8, 4) is 5.75 Å². The van der Waals surface area contributed by atoms with Gasteiger partial charge < -0.3 is 9.64 Å². The Labute approximate surface area is 176 Å². The molecule has 1 saturated heterocycles. The highest BCUT2D eigenvalue weighted by Crippen LogP contribution is 2.35. The molecule has 0 N–H and O–H groups in total. The third-order valence-electron chi connectivity index (χ3n) is 5.95. The molecule has 0 aliphatic carbocycles. The predicted molar refractivity (Wildman–Crippen MR) is 113 cm³/mol. The smallest absolute Gasteiger partial charge is 0.261 e. The zero-order valence-electron chi connectivity index (χ0n) is 17.4. The van der Waals surface area contributed by atoms with Gasteiger partial charge in [0.05, 0.1) is 24.3 Å². The summed E-state index contributed by atoms with van der Waals surface area (Å²) in [5.41, 5.74) is 2.21. The molecule has 2 aliphatic heterocycles. The van der Waals surface area contributed by atoms with Crippen LogP contribution in [0.1, 0.15) is 75.3 Å². The summed E-state index contributed by atoms with van der Waals surface area (Å²) >= 11 is 0. The van der Waals surface area contributed by atoms with Gasteiger partial charge in [-0.05, 0) is 55.2 Å². The lowest BCUT2D eigenvalue weighted by Gasteiger charge is -2.25. The van der Waals surface area contributed by atoms with Gasteiger partial charge in [0.15, 0.2) is 0 Å². The van der Waals surface area contributed by atoms with Gasteiger partial charge in [0.25, 0.3) is 17.7 Å². The molecule has 4 rings (SSSR count). The van der Waals surface area contributed by atoms with E-state index in [1.54, 1.807) is 25.3 Å². The summed E-state index contributed by atoms with van der Waals surface area (Å²) < 4.78 is 5.33. The van der Waals surface area contributed by atoms with E-state index >= 15 is 0 Å². The van der Waals surface area contributed by atoms with Crippen molar-refractivity contribution in [2.75, 3.05) is 20.2 Å². The van der Waals surface area contributed by atoms with E-state index in [1.165, 1.54) is 4.90 Å². The molecular weight excluding hydrogens is 380 g/mol. The fourth-order valence-corrected chi connectivity index (χ4v) is 4.31. The van der Waals surface area contributed by atoms with Crippen molar-refractivity contribution < 1.29 is 19.1 Å². The maximum atomic E-state index is 13.3. The van der Waals surface area contributed by atoms with Gasteiger partial charge in [-0.3, -0.25) is 19.3 Å². The normalized spacial score (nSPS) is 18.1. The minimum atomic E-state index is -0.302. The summed E-state index contributed by atoms with van der Waals surface area (Å²) in [6.45, 7) is 3.09. The van der Waals surface area contributed by atoms with Crippen molar-refractivity contribution in [2.24, 2.45) is 0 Å². The highest BCUT2D eigenvalue weighted by atomic mass is 16.5. The molecule has 2 heterocycles. The lowest BCUT2D eigenvalue weighted by atomic mass is 10.0. The molecule has 0 spiro atoms. The third kappa shape index (κ3) is 3.47. The fraction of sp³-hybridized carbons (Fsp3) is 0.375. The van der Waals surface area contributed by atoms with Gasteiger partial charge in [0.2, 0.25) is 0 Å². The van der Waals surface area contributed by atoms with Gasteiger partial charge >= 0.3 is 0 Å². The molecule has 0 bridgehead atoms. The van der Waals surface area contributed by atoms with E-state index < -0.39 is 0 Å². The van der Waals surface area contributed by atoms with Crippen LogP contribution >= 0.6 is 0 Å². The van der Waals surface area contributed by atoms with E-state index in [4.69, 9.17) is 4.74 Å². The van der Waals surface area contributed by atoms with E-state index in [1.807, 2.05) is 36.1 Å². The number of ether oxygens (including phenoxy) is 1. The van der Waals surface area contributed by atoms with E-state index in [2.05, 4.69) is 0 Å². The maximum absolute atomic E-state index is 13.3. The van der Waals surface area contributed by atoms with Crippen LogP contribution in [0.5, 0.6) is 5.75 Å². The molecule has 6 nitrogen and oxygen atoms in total. The molecule has 0 radical (unpaired) electrons. The Kier molecular flexibility index (Phi) is 5.57. The number of imide groups is 1. The lowest BCUT2D eigenvalue weighted by molar-refractivity contribution is 0.0651. The van der Waals surface area contributed by atoms with Crippen LogP contribution < -0.4 is 4.74 Å². The van der Waals surface area contributed by atoms with Crippen LogP contribution in [0.2, 0.25) is 0 Å². The van der Waals surface area contributed by atoms with E-state index in [9.17, 15) is 14.4 Å². The van der Waals surface area contributed by atoms with Crippen molar-refractivity contribution in [1.82, 2.24) is 9.80 Å². The predicted octanol–water partition coefficient (Wildman–Crippen LogP) is 4.07. The van der Waals surface area contributed by atoms with Crippen LogP contribution in [-0.4, -0.2) is 47.7 Å². The van der Waals surface area contributed by atoms with Gasteiger partial charge in [-0.2, -0.15) is 0 Å². The summed E-state index contributed by atoms with van der Waals surface area (Å²) in [7, 11) is 1.63. The zero-order chi connectivity index (χ0) is 21.3. The van der Waals surface area contributed by atoms with Crippen LogP contribution in [0.4, 0.5) is 0 Å². The molecule has 30 heavy (non-hydrogen) atoms. The molecule has 1 fully saturated rings. The second-order valence-corrected chi connectivity index (χ2v) is 7.81. The number of amides is 3. The second-order valence-electron chi connectivity index (χ2n) is 7.81. The van der Waals surface area contributed by atoms with Crippen LogP contribution in [-0.2, 0) is 0 Å². The molecule has 1 atom stereocenters. The second kappa shape index (κ2) is 8.30. The van der Waals surface area contributed by atoms with Gasteiger partial charge in [0, 0.05) is 18.7 Å². The van der Waals surface area contributed by atoms with Crippen LogP contribution in [0, 0.1) is 0 Å². The Bertz CT molecular complexity index is 1000. The summed E-state index contributed by atoms with van der Waals surface area (Å²) in [5, 5.41) is 0. The van der Waals surface area contributed by atoms with Crippen LogP contribution in [0.3, 0.4) is 0 Å². The van der Waals surface area contributed by atoms with E-state index in [0.717, 1.165) is 37.0 Å². The molecule has 2 aromatic carbocycles. The number of fused-ring (bicyclic) bond motifs is 1. The summed E-state index contributed by atoms with van der Waals surface area (Å²) in [6, 6.07) is 12.6. The maximum Gasteiger partial charge on any atom is 0.261 e. The van der Waals surface area contributed by atoms with Gasteiger partial charge in [-0.15, -0.1) is 0 Å². The Hall–Kier alpha value is -3.15. The number of methoxy groups -OCH3 is 1. The minimum Gasteiger partial charge on any atom is -0.497 e. The molecular formula is C24H26N2O4. The Morgan fingerprint density at radius 1 is 1.10 bits per heavy atom. The number of hydrogen-bond acceptors (Lipinski definition) is 4. The molecule has 6 heteroatoms. The largest absolute Gasteiger partial charge is 0.497 e. The highest BCUT2D eigenvalue weighted by Gasteiger charge is 2.37. The van der Waals surface area contributed by atoms with Crippen molar-refractivity contribution >= 4 is 17.7 Å². The van der Waals surface area contributed by atoms with Gasteiger partial charge in [-0.1, -0.05) is 25.5 Å². The summed E-state index contributed by atoms with van der Waals surface area (Å²) in [6.07, 6.45) is 3.47.